The summed E-state index contributed by atoms with van der Waals surface area (Å²) in [6.45, 7) is 1.66. The lowest BCUT2D eigenvalue weighted by Gasteiger charge is -2.09. The lowest BCUT2D eigenvalue weighted by molar-refractivity contribution is -0.147. The quantitative estimate of drug-likeness (QED) is 0.674. The number of methoxy groups -OCH3 is 1. The van der Waals surface area contributed by atoms with Crippen molar-refractivity contribution in [3.63, 3.8) is 0 Å². The van der Waals surface area contributed by atoms with E-state index in [1.165, 1.54) is 18.4 Å². The molecule has 1 atom stereocenters. The van der Waals surface area contributed by atoms with Crippen molar-refractivity contribution >= 4 is 17.3 Å². The van der Waals surface area contributed by atoms with Gasteiger partial charge in [0.2, 0.25) is 0 Å². The van der Waals surface area contributed by atoms with E-state index in [1.54, 1.807) is 6.92 Å². The Bertz CT molecular complexity index is 243. The highest BCUT2D eigenvalue weighted by Gasteiger charge is 2.14. The van der Waals surface area contributed by atoms with Gasteiger partial charge in [0.25, 0.3) is 0 Å². The maximum absolute atomic E-state index is 10.9. The van der Waals surface area contributed by atoms with Crippen LogP contribution in [0.4, 0.5) is 0 Å². The maximum atomic E-state index is 10.9. The van der Waals surface area contributed by atoms with Crippen molar-refractivity contribution in [2.24, 2.45) is 0 Å². The molecule has 1 rings (SSSR count). The summed E-state index contributed by atoms with van der Waals surface area (Å²) in [5.74, 6) is -0.358. The van der Waals surface area contributed by atoms with E-state index in [2.05, 4.69) is 4.74 Å². The highest BCUT2D eigenvalue weighted by Crippen LogP contribution is 2.19. The van der Waals surface area contributed by atoms with E-state index >= 15 is 0 Å². The molecule has 1 heterocycles. The fourth-order valence-electron chi connectivity index (χ4n) is 0.719. The second-order valence-electron chi connectivity index (χ2n) is 2.22. The Kier molecular flexibility index (Phi) is 3.10. The molecule has 0 bridgehead atoms. The maximum Gasteiger partial charge on any atom is 0.346 e. The van der Waals surface area contributed by atoms with Crippen LogP contribution in [-0.2, 0) is 9.53 Å². The molecule has 12 heavy (non-hydrogen) atoms. The van der Waals surface area contributed by atoms with E-state index in [0.717, 1.165) is 5.06 Å². The molecule has 0 aromatic carbocycles. The van der Waals surface area contributed by atoms with Gasteiger partial charge in [-0.2, -0.15) is 0 Å². The van der Waals surface area contributed by atoms with Crippen molar-refractivity contribution < 1.29 is 14.3 Å². The summed E-state index contributed by atoms with van der Waals surface area (Å²) in [5.41, 5.74) is 0. The molecule has 3 nitrogen and oxygen atoms in total. The Morgan fingerprint density at radius 2 is 2.42 bits per heavy atom. The average molecular weight is 186 g/mol. The summed E-state index contributed by atoms with van der Waals surface area (Å²) in [5, 5.41) is 2.62. The zero-order chi connectivity index (χ0) is 8.97. The first kappa shape index (κ1) is 9.06. The van der Waals surface area contributed by atoms with Gasteiger partial charge in [0, 0.05) is 0 Å². The zero-order valence-electron chi connectivity index (χ0n) is 6.94. The van der Waals surface area contributed by atoms with Crippen molar-refractivity contribution in [1.82, 2.24) is 0 Å². The van der Waals surface area contributed by atoms with Crippen LogP contribution in [0.1, 0.15) is 6.92 Å². The Balaban J connectivity index is 2.47. The molecule has 66 valence electrons. The highest BCUT2D eigenvalue weighted by molar-refractivity contribution is 7.11. The van der Waals surface area contributed by atoms with Gasteiger partial charge in [-0.1, -0.05) is 0 Å². The van der Waals surface area contributed by atoms with Crippen molar-refractivity contribution in [3.8, 4) is 5.06 Å². The third-order valence-corrected chi connectivity index (χ3v) is 2.08. The molecule has 4 heteroatoms. The number of ether oxygens (including phenoxy) is 2. The van der Waals surface area contributed by atoms with Crippen molar-refractivity contribution in [2.45, 2.75) is 13.0 Å². The van der Waals surface area contributed by atoms with E-state index in [9.17, 15) is 4.79 Å². The van der Waals surface area contributed by atoms with Gasteiger partial charge in [-0.3, -0.25) is 0 Å². The van der Waals surface area contributed by atoms with Crippen LogP contribution in [0.3, 0.4) is 0 Å². The second kappa shape index (κ2) is 4.11. The van der Waals surface area contributed by atoms with Gasteiger partial charge < -0.3 is 9.47 Å². The number of thiophene rings is 1. The van der Waals surface area contributed by atoms with Crippen LogP contribution in [-0.4, -0.2) is 19.2 Å². The zero-order valence-corrected chi connectivity index (χ0v) is 7.76. The summed E-state index contributed by atoms with van der Waals surface area (Å²) in [4.78, 5) is 10.9. The van der Waals surface area contributed by atoms with Crippen LogP contribution in [0, 0.1) is 0 Å². The summed E-state index contributed by atoms with van der Waals surface area (Å²) in [6.07, 6.45) is -0.534. The minimum atomic E-state index is -0.534. The molecule has 1 aromatic rings. The smallest absolute Gasteiger partial charge is 0.346 e. The van der Waals surface area contributed by atoms with Gasteiger partial charge in [-0.05, 0) is 24.4 Å². The van der Waals surface area contributed by atoms with Gasteiger partial charge in [-0.15, -0.1) is 11.3 Å². The van der Waals surface area contributed by atoms with E-state index in [4.69, 9.17) is 4.74 Å². The van der Waals surface area contributed by atoms with Crippen molar-refractivity contribution in [2.75, 3.05) is 7.11 Å². The molecule has 0 amide bonds. The fraction of sp³-hybridized carbons (Fsp3) is 0.375. The van der Waals surface area contributed by atoms with Crippen molar-refractivity contribution in [3.05, 3.63) is 17.5 Å². The van der Waals surface area contributed by atoms with Crippen LogP contribution in [0.5, 0.6) is 5.06 Å². The van der Waals surface area contributed by atoms with Gasteiger partial charge >= 0.3 is 5.97 Å². The third-order valence-electron chi connectivity index (χ3n) is 1.32. The first-order chi connectivity index (χ1) is 5.74. The van der Waals surface area contributed by atoms with E-state index in [0.29, 0.717) is 0 Å². The lowest BCUT2D eigenvalue weighted by atomic mass is 10.4. The Labute approximate surface area is 74.9 Å². The predicted molar refractivity (Wildman–Crippen MR) is 46.4 cm³/mol. The number of esters is 1. The van der Waals surface area contributed by atoms with Crippen LogP contribution in [0.2, 0.25) is 0 Å². The standard InChI is InChI=1S/C8H10O3S/c1-6(8(9)10-2)11-7-4-3-5-12-7/h3-6H,1-2H3. The third kappa shape index (κ3) is 2.23. The molecule has 0 aliphatic rings. The first-order valence-corrected chi connectivity index (χ1v) is 4.40. The summed E-state index contributed by atoms with van der Waals surface area (Å²) < 4.78 is 9.75. The van der Waals surface area contributed by atoms with Crippen LogP contribution in [0.15, 0.2) is 17.5 Å². The molecular formula is C8H10O3S. The normalized spacial score (nSPS) is 12.2. The van der Waals surface area contributed by atoms with Crippen LogP contribution < -0.4 is 4.74 Å². The van der Waals surface area contributed by atoms with E-state index in [1.807, 2.05) is 17.5 Å². The lowest BCUT2D eigenvalue weighted by Crippen LogP contribution is -2.24. The Morgan fingerprint density at radius 3 is 2.92 bits per heavy atom. The minimum absolute atomic E-state index is 0.358. The van der Waals surface area contributed by atoms with Crippen molar-refractivity contribution in [1.29, 1.82) is 0 Å². The predicted octanol–water partition coefficient (Wildman–Crippen LogP) is 1.69. The van der Waals surface area contributed by atoms with Gasteiger partial charge in [0.1, 0.15) is 0 Å². The number of hydrogen-bond donors (Lipinski definition) is 0. The van der Waals surface area contributed by atoms with E-state index in [-0.39, 0.29) is 5.97 Å². The largest absolute Gasteiger partial charge is 0.469 e. The number of carbonyl (C=O) groups excluding carboxylic acids is 1. The average Bonchev–Trinajstić information content (AvgIpc) is 2.55. The van der Waals surface area contributed by atoms with Gasteiger partial charge in [0.05, 0.1) is 7.11 Å². The molecule has 0 saturated carbocycles. The highest BCUT2D eigenvalue weighted by atomic mass is 32.1. The summed E-state index contributed by atoms with van der Waals surface area (Å²) >= 11 is 1.45. The molecular weight excluding hydrogens is 176 g/mol. The Hall–Kier alpha value is -1.03. The Morgan fingerprint density at radius 1 is 1.67 bits per heavy atom. The van der Waals surface area contributed by atoms with Crippen LogP contribution in [0.25, 0.3) is 0 Å². The second-order valence-corrected chi connectivity index (χ2v) is 3.13. The summed E-state index contributed by atoms with van der Waals surface area (Å²) in [6, 6.07) is 3.67. The molecule has 0 aliphatic heterocycles. The topological polar surface area (TPSA) is 35.5 Å². The molecule has 0 saturated heterocycles. The van der Waals surface area contributed by atoms with Gasteiger partial charge in [-0.25, -0.2) is 4.79 Å². The first-order valence-electron chi connectivity index (χ1n) is 3.52. The number of carbonyl (C=O) groups is 1. The minimum Gasteiger partial charge on any atom is -0.469 e. The number of rotatable bonds is 3. The number of hydrogen-bond acceptors (Lipinski definition) is 4. The summed E-state index contributed by atoms with van der Waals surface area (Å²) in [7, 11) is 1.34. The fourth-order valence-corrected chi connectivity index (χ4v) is 1.37. The van der Waals surface area contributed by atoms with Crippen LogP contribution >= 0.6 is 11.3 Å². The molecule has 0 radical (unpaired) electrons. The molecule has 0 spiro atoms. The van der Waals surface area contributed by atoms with Gasteiger partial charge in [0.15, 0.2) is 11.2 Å². The van der Waals surface area contributed by atoms with E-state index < -0.39 is 6.10 Å². The monoisotopic (exact) mass is 186 g/mol. The molecule has 1 unspecified atom stereocenters. The molecule has 1 aromatic heterocycles. The molecule has 0 aliphatic carbocycles. The SMILES string of the molecule is COC(=O)C(C)Oc1cccs1. The molecule has 0 N–H and O–H groups in total. The molecule has 0 fully saturated rings.